The molecule has 0 radical (unpaired) electrons. The Morgan fingerprint density at radius 2 is 1.79 bits per heavy atom. The molecule has 0 aliphatic heterocycles. The molecular weight excluding hydrogens is 401 g/mol. The number of carbonyl (C=O) groups is 1. The number of hydrogen-bond acceptors (Lipinski definition) is 5. The third kappa shape index (κ3) is 4.81. The van der Waals surface area contributed by atoms with Crippen molar-refractivity contribution >= 4 is 39.2 Å². The minimum absolute atomic E-state index is 0.0224. The van der Waals surface area contributed by atoms with Crippen LogP contribution >= 0.6 is 11.3 Å². The number of hydrogen-bond donors (Lipinski definition) is 1. The summed E-state index contributed by atoms with van der Waals surface area (Å²) >= 11 is 1.45. The van der Waals surface area contributed by atoms with E-state index in [1.165, 1.54) is 41.8 Å². The maximum Gasteiger partial charge on any atom is 0.264 e. The number of nitrogens with zero attached hydrogens (tertiary/aromatic N) is 2. The van der Waals surface area contributed by atoms with Crippen LogP contribution in [0.5, 0.6) is 0 Å². The molecule has 1 aromatic heterocycles. The minimum atomic E-state index is -4.03. The van der Waals surface area contributed by atoms with Gasteiger partial charge in [0.25, 0.3) is 15.9 Å². The summed E-state index contributed by atoms with van der Waals surface area (Å²) in [6.07, 6.45) is 1.47. The molecule has 0 saturated carbocycles. The smallest absolute Gasteiger partial charge is 0.264 e. The van der Waals surface area contributed by atoms with Gasteiger partial charge in [-0.1, -0.05) is 24.3 Å². The summed E-state index contributed by atoms with van der Waals surface area (Å²) < 4.78 is 40.2. The summed E-state index contributed by atoms with van der Waals surface area (Å²) in [7, 11) is -4.03. The molecule has 0 saturated heterocycles. The van der Waals surface area contributed by atoms with E-state index in [4.69, 9.17) is 0 Å². The third-order valence-electron chi connectivity index (χ3n) is 3.66. The summed E-state index contributed by atoms with van der Waals surface area (Å²) in [6, 6.07) is 16.3. The summed E-state index contributed by atoms with van der Waals surface area (Å²) in [5, 5.41) is 5.70. The first-order valence-corrected chi connectivity index (χ1v) is 10.5. The van der Waals surface area contributed by atoms with Gasteiger partial charge in [-0.05, 0) is 47.8 Å². The fourth-order valence-electron chi connectivity index (χ4n) is 2.34. The first-order chi connectivity index (χ1) is 13.5. The van der Waals surface area contributed by atoms with Crippen molar-refractivity contribution in [2.45, 2.75) is 4.90 Å². The predicted octanol–water partition coefficient (Wildman–Crippen LogP) is 3.23. The van der Waals surface area contributed by atoms with Crippen LogP contribution < -0.4 is 9.73 Å². The highest BCUT2D eigenvalue weighted by molar-refractivity contribution is 7.92. The first kappa shape index (κ1) is 19.7. The van der Waals surface area contributed by atoms with Gasteiger partial charge in [-0.25, -0.2) is 18.2 Å². The van der Waals surface area contributed by atoms with Crippen molar-refractivity contribution in [1.82, 2.24) is 5.43 Å². The quantitative estimate of drug-likeness (QED) is 0.474. The monoisotopic (exact) mass is 417 g/mol. The molecule has 1 heterocycles. The highest BCUT2D eigenvalue weighted by atomic mass is 32.2. The number of halogens is 1. The zero-order valence-corrected chi connectivity index (χ0v) is 16.2. The van der Waals surface area contributed by atoms with Crippen LogP contribution in [0.4, 0.5) is 10.1 Å². The van der Waals surface area contributed by atoms with Gasteiger partial charge >= 0.3 is 0 Å². The van der Waals surface area contributed by atoms with Crippen molar-refractivity contribution < 1.29 is 17.6 Å². The van der Waals surface area contributed by atoms with Crippen molar-refractivity contribution in [2.24, 2.45) is 5.10 Å². The number of rotatable bonds is 7. The van der Waals surface area contributed by atoms with E-state index in [2.05, 4.69) is 10.5 Å². The average molecular weight is 417 g/mol. The summed E-state index contributed by atoms with van der Waals surface area (Å²) in [6.45, 7) is -0.509. The standard InChI is InChI=1S/C19H16FN3O3S2/c20-15-8-10-16(11-9-15)23(28(25,26)18-6-2-1-3-7-18)14-19(24)22-21-13-17-5-4-12-27-17/h1-13H,14H2,(H,22,24)/b21-13-. The number of thiophene rings is 1. The van der Waals surface area contributed by atoms with Crippen LogP contribution in [0.3, 0.4) is 0 Å². The topological polar surface area (TPSA) is 78.8 Å². The van der Waals surface area contributed by atoms with E-state index in [1.54, 1.807) is 18.2 Å². The van der Waals surface area contributed by atoms with Gasteiger partial charge in [0.1, 0.15) is 12.4 Å². The first-order valence-electron chi connectivity index (χ1n) is 8.15. The number of carbonyl (C=O) groups excluding carboxylic acids is 1. The van der Waals surface area contributed by atoms with E-state index < -0.39 is 28.3 Å². The van der Waals surface area contributed by atoms with Gasteiger partial charge in [0.15, 0.2) is 0 Å². The highest BCUT2D eigenvalue weighted by Crippen LogP contribution is 2.23. The third-order valence-corrected chi connectivity index (χ3v) is 6.25. The maximum atomic E-state index is 13.3. The molecule has 0 unspecified atom stereocenters. The normalized spacial score (nSPS) is 11.5. The molecule has 6 nitrogen and oxygen atoms in total. The molecular formula is C19H16FN3O3S2. The average Bonchev–Trinajstić information content (AvgIpc) is 3.21. The summed E-state index contributed by atoms with van der Waals surface area (Å²) in [4.78, 5) is 13.2. The number of benzene rings is 2. The predicted molar refractivity (Wildman–Crippen MR) is 107 cm³/mol. The molecule has 0 aliphatic rings. The van der Waals surface area contributed by atoms with Crippen LogP contribution in [0, 0.1) is 5.82 Å². The fourth-order valence-corrected chi connectivity index (χ4v) is 4.37. The SMILES string of the molecule is O=C(CN(c1ccc(F)cc1)S(=O)(=O)c1ccccc1)N/N=C\c1cccs1. The molecule has 28 heavy (non-hydrogen) atoms. The van der Waals surface area contributed by atoms with E-state index in [0.717, 1.165) is 21.3 Å². The van der Waals surface area contributed by atoms with Crippen molar-refractivity contribution in [2.75, 3.05) is 10.8 Å². The molecule has 9 heteroatoms. The molecule has 0 spiro atoms. The van der Waals surface area contributed by atoms with Crippen molar-refractivity contribution in [1.29, 1.82) is 0 Å². The van der Waals surface area contributed by atoms with Gasteiger partial charge in [-0.3, -0.25) is 9.10 Å². The van der Waals surface area contributed by atoms with Gasteiger partial charge in [0, 0.05) is 4.88 Å². The van der Waals surface area contributed by atoms with E-state index in [0.29, 0.717) is 0 Å². The second-order valence-corrected chi connectivity index (χ2v) is 8.45. The van der Waals surface area contributed by atoms with E-state index in [1.807, 2.05) is 17.5 Å². The Balaban J connectivity index is 1.84. The van der Waals surface area contributed by atoms with Crippen LogP contribution in [0.1, 0.15) is 4.88 Å². The zero-order chi connectivity index (χ0) is 20.0. The second-order valence-electron chi connectivity index (χ2n) is 5.61. The Labute approximate surface area is 166 Å². The van der Waals surface area contributed by atoms with Gasteiger partial charge < -0.3 is 0 Å². The van der Waals surface area contributed by atoms with E-state index in [9.17, 15) is 17.6 Å². The van der Waals surface area contributed by atoms with E-state index in [-0.39, 0.29) is 10.6 Å². The lowest BCUT2D eigenvalue weighted by molar-refractivity contribution is -0.119. The number of nitrogens with one attached hydrogen (secondary N) is 1. The van der Waals surface area contributed by atoms with Gasteiger partial charge in [0.05, 0.1) is 16.8 Å². The van der Waals surface area contributed by atoms with Crippen LogP contribution in [0.25, 0.3) is 0 Å². The van der Waals surface area contributed by atoms with Crippen LogP contribution in [-0.2, 0) is 14.8 Å². The van der Waals surface area contributed by atoms with Crippen LogP contribution in [0.15, 0.2) is 82.1 Å². The Morgan fingerprint density at radius 3 is 2.43 bits per heavy atom. The number of sulfonamides is 1. The molecule has 0 bridgehead atoms. The van der Waals surface area contributed by atoms with Crippen molar-refractivity contribution in [3.63, 3.8) is 0 Å². The van der Waals surface area contributed by atoms with Crippen molar-refractivity contribution in [3.8, 4) is 0 Å². The molecule has 0 atom stereocenters. The molecule has 3 rings (SSSR count). The summed E-state index contributed by atoms with van der Waals surface area (Å²) in [5.41, 5.74) is 2.48. The second kappa shape index (κ2) is 8.77. The molecule has 1 N–H and O–H groups in total. The fraction of sp³-hybridized carbons (Fsp3) is 0.0526. The molecule has 3 aromatic rings. The number of hydrazone groups is 1. The summed E-state index contributed by atoms with van der Waals surface area (Å²) in [5.74, 6) is -1.14. The Bertz CT molecular complexity index is 1050. The lowest BCUT2D eigenvalue weighted by Crippen LogP contribution is -2.39. The minimum Gasteiger partial charge on any atom is -0.271 e. The number of anilines is 1. The molecule has 0 fully saturated rings. The van der Waals surface area contributed by atoms with Gasteiger partial charge in [-0.15, -0.1) is 11.3 Å². The van der Waals surface area contributed by atoms with Crippen LogP contribution in [-0.4, -0.2) is 27.1 Å². The Hall–Kier alpha value is -3.04. The Morgan fingerprint density at radius 1 is 1.07 bits per heavy atom. The van der Waals surface area contributed by atoms with Gasteiger partial charge in [-0.2, -0.15) is 5.10 Å². The largest absolute Gasteiger partial charge is 0.271 e. The molecule has 0 aliphatic carbocycles. The lowest BCUT2D eigenvalue weighted by atomic mass is 10.3. The lowest BCUT2D eigenvalue weighted by Gasteiger charge is -2.23. The zero-order valence-electron chi connectivity index (χ0n) is 14.5. The Kier molecular flexibility index (Phi) is 6.17. The van der Waals surface area contributed by atoms with Crippen LogP contribution in [0.2, 0.25) is 0 Å². The highest BCUT2D eigenvalue weighted by Gasteiger charge is 2.27. The van der Waals surface area contributed by atoms with E-state index >= 15 is 0 Å². The molecule has 144 valence electrons. The van der Waals surface area contributed by atoms with Gasteiger partial charge in [0.2, 0.25) is 0 Å². The number of amides is 1. The maximum absolute atomic E-state index is 13.3. The van der Waals surface area contributed by atoms with Crippen molar-refractivity contribution in [3.05, 3.63) is 82.8 Å². The molecule has 2 aromatic carbocycles. The molecule has 1 amide bonds.